The van der Waals surface area contributed by atoms with Crippen LogP contribution in [0, 0.1) is 13.8 Å². The van der Waals surface area contributed by atoms with E-state index >= 15 is 0 Å². The molecule has 0 unspecified atom stereocenters. The quantitative estimate of drug-likeness (QED) is 0.512. The van der Waals surface area contributed by atoms with Crippen molar-refractivity contribution < 1.29 is 4.74 Å². The maximum atomic E-state index is 6.16. The van der Waals surface area contributed by atoms with Gasteiger partial charge in [0.2, 0.25) is 5.88 Å². The molecule has 31 heavy (non-hydrogen) atoms. The van der Waals surface area contributed by atoms with Crippen LogP contribution < -0.4 is 10.1 Å². The number of rotatable bonds is 7. The van der Waals surface area contributed by atoms with Gasteiger partial charge in [-0.2, -0.15) is 0 Å². The smallest absolute Gasteiger partial charge is 0.219 e. The van der Waals surface area contributed by atoms with E-state index in [-0.39, 0.29) is 12.1 Å². The molecule has 3 aromatic rings. The van der Waals surface area contributed by atoms with E-state index in [1.165, 1.54) is 16.7 Å². The topological polar surface area (TPSA) is 59.9 Å². The highest BCUT2D eigenvalue weighted by molar-refractivity contribution is 5.68. The Balaban J connectivity index is 1.75. The predicted octanol–water partition coefficient (Wildman–Crippen LogP) is 5.99. The second kappa shape index (κ2) is 9.04. The Morgan fingerprint density at radius 3 is 2.52 bits per heavy atom. The van der Waals surface area contributed by atoms with Crippen molar-refractivity contribution in [1.29, 1.82) is 0 Å². The van der Waals surface area contributed by atoms with Crippen LogP contribution in [0.5, 0.6) is 5.88 Å². The van der Waals surface area contributed by atoms with E-state index in [4.69, 9.17) is 14.7 Å². The standard InChI is InChI=1S/C26H32N4O/c1-6-10-22-24(19-11-9-14-27-26(19)31-22)30-25-21(8-3)28-23(20(7-2)29-25)18-13-12-16(4)15-17(18)5/h9,11-15,22,24H,6-8,10H2,1-5H3,(H,29,30)/t22-,24-/m1/s1. The Labute approximate surface area is 185 Å². The molecule has 162 valence electrons. The molecule has 0 spiro atoms. The number of aryl methyl sites for hydroxylation is 4. The molecule has 1 aliphatic heterocycles. The van der Waals surface area contributed by atoms with Gasteiger partial charge in [0.1, 0.15) is 11.9 Å². The lowest BCUT2D eigenvalue weighted by molar-refractivity contribution is 0.195. The third-order valence-corrected chi connectivity index (χ3v) is 5.98. The van der Waals surface area contributed by atoms with Crippen molar-refractivity contribution in [3.8, 4) is 17.1 Å². The van der Waals surface area contributed by atoms with Gasteiger partial charge in [-0.25, -0.2) is 15.0 Å². The second-order valence-corrected chi connectivity index (χ2v) is 8.30. The maximum absolute atomic E-state index is 6.16. The largest absolute Gasteiger partial charge is 0.472 e. The van der Waals surface area contributed by atoms with E-state index < -0.39 is 0 Å². The summed E-state index contributed by atoms with van der Waals surface area (Å²) in [6, 6.07) is 10.6. The second-order valence-electron chi connectivity index (χ2n) is 8.30. The fourth-order valence-electron chi connectivity index (χ4n) is 4.39. The van der Waals surface area contributed by atoms with E-state index in [1.807, 2.05) is 6.07 Å². The van der Waals surface area contributed by atoms with Crippen LogP contribution in [0.4, 0.5) is 5.82 Å². The lowest BCUT2D eigenvalue weighted by Gasteiger charge is -2.23. The average molecular weight is 417 g/mol. The number of hydrogen-bond acceptors (Lipinski definition) is 5. The lowest BCUT2D eigenvalue weighted by Crippen LogP contribution is -2.26. The number of nitrogens with zero attached hydrogens (tertiary/aromatic N) is 3. The molecule has 1 aliphatic rings. The normalized spacial score (nSPS) is 17.3. The minimum absolute atomic E-state index is 0.0277. The third kappa shape index (κ3) is 4.14. The van der Waals surface area contributed by atoms with Crippen molar-refractivity contribution in [2.24, 2.45) is 0 Å². The Morgan fingerprint density at radius 1 is 1.00 bits per heavy atom. The first-order chi connectivity index (χ1) is 15.0. The molecule has 0 fully saturated rings. The minimum atomic E-state index is 0.0277. The third-order valence-electron chi connectivity index (χ3n) is 5.98. The Morgan fingerprint density at radius 2 is 1.81 bits per heavy atom. The van der Waals surface area contributed by atoms with Crippen LogP contribution in [0.2, 0.25) is 0 Å². The molecule has 0 radical (unpaired) electrons. The molecule has 5 nitrogen and oxygen atoms in total. The van der Waals surface area contributed by atoms with E-state index in [9.17, 15) is 0 Å². The fourth-order valence-corrected chi connectivity index (χ4v) is 4.39. The number of fused-ring (bicyclic) bond motifs is 1. The highest BCUT2D eigenvalue weighted by Crippen LogP contribution is 2.39. The molecule has 0 saturated heterocycles. The minimum Gasteiger partial charge on any atom is -0.472 e. The van der Waals surface area contributed by atoms with Gasteiger partial charge in [-0.05, 0) is 50.8 Å². The van der Waals surface area contributed by atoms with Crippen molar-refractivity contribution in [3.63, 3.8) is 0 Å². The molecule has 2 atom stereocenters. The van der Waals surface area contributed by atoms with E-state index in [0.29, 0.717) is 0 Å². The first-order valence-electron chi connectivity index (χ1n) is 11.4. The number of ether oxygens (including phenoxy) is 1. The highest BCUT2D eigenvalue weighted by Gasteiger charge is 2.35. The zero-order valence-corrected chi connectivity index (χ0v) is 19.2. The van der Waals surface area contributed by atoms with Crippen LogP contribution in [-0.2, 0) is 12.8 Å². The summed E-state index contributed by atoms with van der Waals surface area (Å²) in [5.74, 6) is 1.59. The molecule has 0 saturated carbocycles. The average Bonchev–Trinajstić information content (AvgIpc) is 3.11. The summed E-state index contributed by atoms with van der Waals surface area (Å²) >= 11 is 0. The van der Waals surface area contributed by atoms with Gasteiger partial charge in [-0.1, -0.05) is 51.0 Å². The number of aromatic nitrogens is 3. The first kappa shape index (κ1) is 21.3. The van der Waals surface area contributed by atoms with Crippen molar-refractivity contribution in [2.75, 3.05) is 5.32 Å². The van der Waals surface area contributed by atoms with Crippen molar-refractivity contribution in [1.82, 2.24) is 15.0 Å². The molecule has 4 rings (SSSR count). The monoisotopic (exact) mass is 416 g/mol. The van der Waals surface area contributed by atoms with Crippen LogP contribution in [0.3, 0.4) is 0 Å². The van der Waals surface area contributed by atoms with Gasteiger partial charge < -0.3 is 10.1 Å². The maximum Gasteiger partial charge on any atom is 0.219 e. The van der Waals surface area contributed by atoms with Crippen molar-refractivity contribution >= 4 is 5.82 Å². The van der Waals surface area contributed by atoms with Gasteiger partial charge >= 0.3 is 0 Å². The first-order valence-corrected chi connectivity index (χ1v) is 11.4. The predicted molar refractivity (Wildman–Crippen MR) is 126 cm³/mol. The Bertz CT molecular complexity index is 1080. The number of pyridine rings is 1. The Hall–Kier alpha value is -2.95. The molecule has 0 aliphatic carbocycles. The summed E-state index contributed by atoms with van der Waals surface area (Å²) < 4.78 is 6.16. The van der Waals surface area contributed by atoms with E-state index in [2.05, 4.69) is 69.2 Å². The van der Waals surface area contributed by atoms with Gasteiger partial charge in [0, 0.05) is 17.3 Å². The van der Waals surface area contributed by atoms with Gasteiger partial charge in [-0.3, -0.25) is 0 Å². The summed E-state index contributed by atoms with van der Waals surface area (Å²) in [7, 11) is 0. The van der Waals surface area contributed by atoms with Crippen LogP contribution in [0.15, 0.2) is 36.5 Å². The molecule has 2 aromatic heterocycles. The Kier molecular flexibility index (Phi) is 6.21. The van der Waals surface area contributed by atoms with Crippen LogP contribution in [0.1, 0.15) is 67.7 Å². The lowest BCUT2D eigenvalue weighted by atomic mass is 10.00. The SMILES string of the molecule is CCC[C@H]1Oc2ncccc2[C@H]1Nc1nc(CC)c(-c2ccc(C)cc2C)nc1CC. The van der Waals surface area contributed by atoms with Crippen molar-refractivity contribution in [3.05, 3.63) is 64.6 Å². The van der Waals surface area contributed by atoms with Crippen molar-refractivity contribution in [2.45, 2.75) is 72.4 Å². The number of benzene rings is 1. The van der Waals surface area contributed by atoms with E-state index in [0.717, 1.165) is 60.0 Å². The molecule has 3 heterocycles. The summed E-state index contributed by atoms with van der Waals surface area (Å²) in [5.41, 5.74) is 7.76. The molecule has 5 heteroatoms. The summed E-state index contributed by atoms with van der Waals surface area (Å²) in [4.78, 5) is 14.6. The van der Waals surface area contributed by atoms with Crippen LogP contribution in [-0.4, -0.2) is 21.1 Å². The number of nitrogens with one attached hydrogen (secondary N) is 1. The number of hydrogen-bond donors (Lipinski definition) is 1. The molecule has 1 aromatic carbocycles. The summed E-state index contributed by atoms with van der Waals surface area (Å²) in [5, 5.41) is 3.69. The molecule has 0 bridgehead atoms. The van der Waals surface area contributed by atoms with Crippen LogP contribution in [0.25, 0.3) is 11.3 Å². The highest BCUT2D eigenvalue weighted by atomic mass is 16.5. The van der Waals surface area contributed by atoms with Gasteiger partial charge in [-0.15, -0.1) is 0 Å². The molecule has 0 amide bonds. The van der Waals surface area contributed by atoms with Gasteiger partial charge in [0.15, 0.2) is 0 Å². The summed E-state index contributed by atoms with van der Waals surface area (Å²) in [6.45, 7) is 10.7. The molecular formula is C26H32N4O. The van der Waals surface area contributed by atoms with Gasteiger partial charge in [0.25, 0.3) is 0 Å². The fraction of sp³-hybridized carbons (Fsp3) is 0.423. The number of anilines is 1. The molecule has 1 N–H and O–H groups in total. The summed E-state index contributed by atoms with van der Waals surface area (Å²) in [6.07, 6.45) is 5.48. The zero-order valence-electron chi connectivity index (χ0n) is 19.2. The van der Waals surface area contributed by atoms with E-state index in [1.54, 1.807) is 6.20 Å². The van der Waals surface area contributed by atoms with Crippen LogP contribution >= 0.6 is 0 Å². The zero-order chi connectivity index (χ0) is 22.0. The molecular weight excluding hydrogens is 384 g/mol. The van der Waals surface area contributed by atoms with Gasteiger partial charge in [0.05, 0.1) is 23.1 Å².